The first-order valence-corrected chi connectivity index (χ1v) is 6.94. The van der Waals surface area contributed by atoms with E-state index < -0.39 is 0 Å². The molecule has 1 rings (SSSR count). The maximum absolute atomic E-state index is 5.28. The van der Waals surface area contributed by atoms with Gasteiger partial charge in [0.2, 0.25) is 0 Å². The van der Waals surface area contributed by atoms with Crippen molar-refractivity contribution in [1.29, 1.82) is 0 Å². The van der Waals surface area contributed by atoms with E-state index in [1.165, 1.54) is 19.3 Å². The minimum absolute atomic E-state index is 0. The number of rotatable bonds is 8. The number of nitrogens with one attached hydrogen (secondary N) is 2. The van der Waals surface area contributed by atoms with E-state index in [0.717, 1.165) is 31.6 Å². The molecule has 0 heterocycles. The molecule has 2 atom stereocenters. The Balaban J connectivity index is 0.00000289. The zero-order chi connectivity index (χ0) is 12.5. The zero-order valence-corrected chi connectivity index (χ0v) is 14.2. The van der Waals surface area contributed by atoms with Gasteiger partial charge in [0.15, 0.2) is 5.96 Å². The molecule has 1 fully saturated rings. The highest BCUT2D eigenvalue weighted by molar-refractivity contribution is 14.0. The number of hydrogen-bond acceptors (Lipinski definition) is 2. The third-order valence-electron chi connectivity index (χ3n) is 2.96. The number of ether oxygens (including phenoxy) is 1. The molecule has 0 spiro atoms. The van der Waals surface area contributed by atoms with Crippen molar-refractivity contribution >= 4 is 29.9 Å². The summed E-state index contributed by atoms with van der Waals surface area (Å²) in [4.78, 5) is 4.50. The van der Waals surface area contributed by atoms with Gasteiger partial charge in [-0.2, -0.15) is 0 Å². The molecule has 4 nitrogen and oxygen atoms in total. The molecular formula is C13H28IN3O. The second-order valence-corrected chi connectivity index (χ2v) is 4.49. The van der Waals surface area contributed by atoms with E-state index >= 15 is 0 Å². The van der Waals surface area contributed by atoms with Crippen LogP contribution in [0.3, 0.4) is 0 Å². The predicted octanol–water partition coefficient (Wildman–Crippen LogP) is 2.38. The van der Waals surface area contributed by atoms with Crippen molar-refractivity contribution in [2.45, 2.75) is 46.1 Å². The summed E-state index contributed by atoms with van der Waals surface area (Å²) in [6.07, 6.45) is 3.90. The van der Waals surface area contributed by atoms with Crippen LogP contribution >= 0.6 is 24.0 Å². The van der Waals surface area contributed by atoms with Crippen LogP contribution in [-0.2, 0) is 4.74 Å². The molecule has 1 aliphatic rings. The van der Waals surface area contributed by atoms with Gasteiger partial charge in [0.05, 0.1) is 13.2 Å². The van der Waals surface area contributed by atoms with Gasteiger partial charge in [0.1, 0.15) is 0 Å². The summed E-state index contributed by atoms with van der Waals surface area (Å²) in [5.41, 5.74) is 0. The molecule has 2 N–H and O–H groups in total. The van der Waals surface area contributed by atoms with Crippen LogP contribution in [0, 0.1) is 5.92 Å². The molecule has 2 unspecified atom stereocenters. The highest BCUT2D eigenvalue weighted by Gasteiger charge is 2.36. The third-order valence-corrected chi connectivity index (χ3v) is 2.96. The molecule has 1 saturated carbocycles. The number of aliphatic imine (C=N–C) groups is 1. The zero-order valence-electron chi connectivity index (χ0n) is 11.9. The fraction of sp³-hybridized carbons (Fsp3) is 0.923. The number of hydrogen-bond donors (Lipinski definition) is 2. The van der Waals surface area contributed by atoms with Crippen molar-refractivity contribution in [3.63, 3.8) is 0 Å². The molecule has 5 heteroatoms. The van der Waals surface area contributed by atoms with Gasteiger partial charge in [-0.05, 0) is 32.6 Å². The smallest absolute Gasteiger partial charge is 0.191 e. The van der Waals surface area contributed by atoms with E-state index in [9.17, 15) is 0 Å². The normalized spacial score (nSPS) is 22.3. The summed E-state index contributed by atoms with van der Waals surface area (Å²) in [7, 11) is 0. The highest BCUT2D eigenvalue weighted by atomic mass is 127. The standard InChI is InChI=1S/C13H27N3O.HI/c1-4-7-11-10-12(11)16-13(14-5-2)15-8-9-17-6-3;/h11-12H,4-10H2,1-3H3,(H2,14,15,16);1H. The van der Waals surface area contributed by atoms with E-state index in [1.807, 2.05) is 6.92 Å². The first-order chi connectivity index (χ1) is 8.31. The number of guanidine groups is 1. The van der Waals surface area contributed by atoms with Gasteiger partial charge in [-0.15, -0.1) is 24.0 Å². The lowest BCUT2D eigenvalue weighted by Gasteiger charge is -2.11. The number of halogens is 1. The second kappa shape index (κ2) is 10.8. The first kappa shape index (κ1) is 18.0. The summed E-state index contributed by atoms with van der Waals surface area (Å²) < 4.78 is 5.28. The Morgan fingerprint density at radius 3 is 2.72 bits per heavy atom. The van der Waals surface area contributed by atoms with Crippen LogP contribution in [0.25, 0.3) is 0 Å². The average Bonchev–Trinajstić information content (AvgIpc) is 3.03. The van der Waals surface area contributed by atoms with Gasteiger partial charge in [-0.3, -0.25) is 4.99 Å². The SMILES string of the molecule is CCCC1CC1NC(=NCCOCC)NCC.I. The lowest BCUT2D eigenvalue weighted by Crippen LogP contribution is -2.39. The Morgan fingerprint density at radius 2 is 2.11 bits per heavy atom. The minimum atomic E-state index is 0. The third kappa shape index (κ3) is 7.41. The molecule has 0 saturated heterocycles. The van der Waals surface area contributed by atoms with Crippen LogP contribution in [-0.4, -0.2) is 38.3 Å². The Labute approximate surface area is 128 Å². The van der Waals surface area contributed by atoms with Crippen LogP contribution in [0.1, 0.15) is 40.0 Å². The van der Waals surface area contributed by atoms with Crippen molar-refractivity contribution in [2.75, 3.05) is 26.3 Å². The first-order valence-electron chi connectivity index (χ1n) is 6.94. The van der Waals surface area contributed by atoms with E-state index in [1.54, 1.807) is 0 Å². The van der Waals surface area contributed by atoms with Gasteiger partial charge in [0.25, 0.3) is 0 Å². The Bertz CT molecular complexity index is 236. The molecule has 0 aromatic carbocycles. The predicted molar refractivity (Wildman–Crippen MR) is 87.8 cm³/mol. The van der Waals surface area contributed by atoms with Crippen molar-refractivity contribution in [2.24, 2.45) is 10.9 Å². The topological polar surface area (TPSA) is 45.7 Å². The molecular weight excluding hydrogens is 341 g/mol. The van der Waals surface area contributed by atoms with Crippen LogP contribution in [0.15, 0.2) is 4.99 Å². The quantitative estimate of drug-likeness (QED) is 0.299. The average molecular weight is 369 g/mol. The molecule has 0 aromatic rings. The van der Waals surface area contributed by atoms with E-state index in [-0.39, 0.29) is 24.0 Å². The Hall–Kier alpha value is -0.0400. The molecule has 0 amide bonds. The minimum Gasteiger partial charge on any atom is -0.380 e. The molecule has 0 aliphatic heterocycles. The summed E-state index contributed by atoms with van der Waals surface area (Å²) in [5.74, 6) is 1.80. The van der Waals surface area contributed by atoms with Crippen molar-refractivity contribution in [3.8, 4) is 0 Å². The van der Waals surface area contributed by atoms with Crippen molar-refractivity contribution < 1.29 is 4.74 Å². The van der Waals surface area contributed by atoms with E-state index in [4.69, 9.17) is 4.74 Å². The van der Waals surface area contributed by atoms with Gasteiger partial charge in [-0.1, -0.05) is 13.3 Å². The fourth-order valence-electron chi connectivity index (χ4n) is 1.98. The summed E-state index contributed by atoms with van der Waals surface area (Å²) >= 11 is 0. The fourth-order valence-corrected chi connectivity index (χ4v) is 1.98. The molecule has 1 aliphatic carbocycles. The van der Waals surface area contributed by atoms with Crippen LogP contribution in [0.5, 0.6) is 0 Å². The monoisotopic (exact) mass is 369 g/mol. The lowest BCUT2D eigenvalue weighted by molar-refractivity contribution is 0.155. The Kier molecular flexibility index (Phi) is 10.8. The maximum atomic E-state index is 5.28. The highest BCUT2D eigenvalue weighted by Crippen LogP contribution is 2.34. The van der Waals surface area contributed by atoms with Gasteiger partial charge in [0, 0.05) is 19.2 Å². The largest absolute Gasteiger partial charge is 0.380 e. The van der Waals surface area contributed by atoms with Crippen molar-refractivity contribution in [3.05, 3.63) is 0 Å². The van der Waals surface area contributed by atoms with Crippen molar-refractivity contribution in [1.82, 2.24) is 10.6 Å². The Morgan fingerprint density at radius 1 is 1.33 bits per heavy atom. The molecule has 0 aromatic heterocycles. The second-order valence-electron chi connectivity index (χ2n) is 4.49. The van der Waals surface area contributed by atoms with Gasteiger partial charge >= 0.3 is 0 Å². The van der Waals surface area contributed by atoms with E-state index in [2.05, 4.69) is 29.5 Å². The molecule has 0 bridgehead atoms. The van der Waals surface area contributed by atoms with Crippen LogP contribution in [0.4, 0.5) is 0 Å². The molecule has 18 heavy (non-hydrogen) atoms. The maximum Gasteiger partial charge on any atom is 0.191 e. The lowest BCUT2D eigenvalue weighted by atomic mass is 10.2. The molecule has 108 valence electrons. The summed E-state index contributed by atoms with van der Waals surface area (Å²) in [5, 5.41) is 6.76. The van der Waals surface area contributed by atoms with Gasteiger partial charge in [-0.25, -0.2) is 0 Å². The van der Waals surface area contributed by atoms with Gasteiger partial charge < -0.3 is 15.4 Å². The van der Waals surface area contributed by atoms with Crippen LogP contribution in [0.2, 0.25) is 0 Å². The summed E-state index contributed by atoms with van der Waals surface area (Å²) in [6.45, 7) is 9.45. The summed E-state index contributed by atoms with van der Waals surface area (Å²) in [6, 6.07) is 0.639. The van der Waals surface area contributed by atoms with Crippen LogP contribution < -0.4 is 10.6 Å². The molecule has 0 radical (unpaired) electrons. The number of nitrogens with zero attached hydrogens (tertiary/aromatic N) is 1. The van der Waals surface area contributed by atoms with E-state index in [0.29, 0.717) is 12.6 Å².